The summed E-state index contributed by atoms with van der Waals surface area (Å²) in [6.07, 6.45) is 2.09. The van der Waals surface area contributed by atoms with Crippen LogP contribution < -0.4 is 4.52 Å². The molecule has 3 aromatic rings. The van der Waals surface area contributed by atoms with Crippen molar-refractivity contribution in [3.8, 4) is 11.4 Å². The quantitative estimate of drug-likeness (QED) is 0.530. The molecule has 0 spiro atoms. The lowest BCUT2D eigenvalue weighted by atomic mass is 10.2. The fraction of sp³-hybridized carbons (Fsp3) is 0.231. The van der Waals surface area contributed by atoms with E-state index in [1.807, 2.05) is 22.7 Å². The van der Waals surface area contributed by atoms with Crippen LogP contribution in [0.3, 0.4) is 0 Å². The van der Waals surface area contributed by atoms with E-state index in [2.05, 4.69) is 36.9 Å². The topological polar surface area (TPSA) is 21.9 Å². The highest BCUT2D eigenvalue weighted by molar-refractivity contribution is 8.00. The van der Waals surface area contributed by atoms with Gasteiger partial charge in [-0.15, -0.1) is 0 Å². The summed E-state index contributed by atoms with van der Waals surface area (Å²) in [5, 5.41) is 4.74. The van der Waals surface area contributed by atoms with Gasteiger partial charge in [-0.1, -0.05) is 45.8 Å². The SMILES string of the molecule is CSc1sc(C)c2n(C)c(-c3ccccc3)n[n+]12. The standard InChI is InChI=1S/C13H14N3S2/c1-9-12-15(2)11(10-7-5-4-6-8-10)14-16(12)13(17-3)18-9/h4-8H,1-3H3/q+1. The van der Waals surface area contributed by atoms with Gasteiger partial charge in [-0.25, -0.2) is 4.57 Å². The molecule has 3 nitrogen and oxygen atoms in total. The molecule has 0 amide bonds. The molecule has 0 fully saturated rings. The molecule has 2 heterocycles. The van der Waals surface area contributed by atoms with Crippen molar-refractivity contribution in [2.24, 2.45) is 7.05 Å². The first kappa shape index (κ1) is 11.7. The van der Waals surface area contributed by atoms with E-state index in [1.54, 1.807) is 23.1 Å². The van der Waals surface area contributed by atoms with Crippen molar-refractivity contribution in [3.63, 3.8) is 0 Å². The highest BCUT2D eigenvalue weighted by atomic mass is 32.2. The van der Waals surface area contributed by atoms with Gasteiger partial charge in [0.1, 0.15) is 0 Å². The van der Waals surface area contributed by atoms with Crippen LogP contribution in [0.4, 0.5) is 0 Å². The molecule has 0 saturated carbocycles. The van der Waals surface area contributed by atoms with Crippen LogP contribution in [0.15, 0.2) is 34.7 Å². The Kier molecular flexibility index (Phi) is 2.87. The average molecular weight is 276 g/mol. The maximum Gasteiger partial charge on any atom is 0.323 e. The van der Waals surface area contributed by atoms with E-state index < -0.39 is 0 Å². The second-order valence-corrected chi connectivity index (χ2v) is 6.37. The summed E-state index contributed by atoms with van der Waals surface area (Å²) in [7, 11) is 2.08. The Bertz CT molecular complexity index is 698. The van der Waals surface area contributed by atoms with Crippen molar-refractivity contribution in [2.75, 3.05) is 6.26 Å². The van der Waals surface area contributed by atoms with Gasteiger partial charge in [-0.3, -0.25) is 0 Å². The third kappa shape index (κ3) is 1.66. The summed E-state index contributed by atoms with van der Waals surface area (Å²) in [6.45, 7) is 2.15. The van der Waals surface area contributed by atoms with E-state index in [0.717, 1.165) is 11.4 Å². The van der Waals surface area contributed by atoms with Gasteiger partial charge in [0, 0.05) is 5.56 Å². The zero-order valence-corrected chi connectivity index (χ0v) is 12.2. The number of fused-ring (bicyclic) bond motifs is 1. The number of rotatable bonds is 2. The Balaban J connectivity index is 2.30. The van der Waals surface area contributed by atoms with Gasteiger partial charge in [-0.05, 0) is 30.4 Å². The van der Waals surface area contributed by atoms with Crippen molar-refractivity contribution in [3.05, 3.63) is 35.2 Å². The Morgan fingerprint density at radius 1 is 1.28 bits per heavy atom. The van der Waals surface area contributed by atoms with Crippen LogP contribution in [0.1, 0.15) is 4.88 Å². The maximum atomic E-state index is 4.74. The molecule has 92 valence electrons. The predicted octanol–water partition coefficient (Wildman–Crippen LogP) is 2.92. The van der Waals surface area contributed by atoms with Crippen LogP contribution in [0.5, 0.6) is 0 Å². The van der Waals surface area contributed by atoms with Crippen molar-refractivity contribution in [1.82, 2.24) is 9.67 Å². The van der Waals surface area contributed by atoms with Crippen LogP contribution in [0.25, 0.3) is 17.0 Å². The fourth-order valence-electron chi connectivity index (χ4n) is 2.15. The van der Waals surface area contributed by atoms with Crippen molar-refractivity contribution < 1.29 is 4.52 Å². The molecule has 5 heteroatoms. The van der Waals surface area contributed by atoms with Gasteiger partial charge in [0.15, 0.2) is 0 Å². The number of benzene rings is 1. The molecular formula is C13H14N3S2+. The second-order valence-electron chi connectivity index (χ2n) is 4.11. The number of aryl methyl sites for hydroxylation is 2. The summed E-state index contributed by atoms with van der Waals surface area (Å²) in [5.41, 5.74) is 2.34. The third-order valence-electron chi connectivity index (χ3n) is 2.97. The van der Waals surface area contributed by atoms with Gasteiger partial charge >= 0.3 is 5.65 Å². The van der Waals surface area contributed by atoms with E-state index in [-0.39, 0.29) is 0 Å². The average Bonchev–Trinajstić information content (AvgIpc) is 2.90. The van der Waals surface area contributed by atoms with Crippen LogP contribution in [0, 0.1) is 6.92 Å². The zero-order chi connectivity index (χ0) is 12.7. The number of aromatic nitrogens is 3. The highest BCUT2D eigenvalue weighted by Crippen LogP contribution is 2.26. The van der Waals surface area contributed by atoms with Gasteiger partial charge in [0.05, 0.1) is 11.9 Å². The molecule has 0 radical (unpaired) electrons. The first-order valence-corrected chi connectivity index (χ1v) is 7.74. The predicted molar refractivity (Wildman–Crippen MR) is 76.2 cm³/mol. The Morgan fingerprint density at radius 3 is 2.67 bits per heavy atom. The van der Waals surface area contributed by atoms with E-state index >= 15 is 0 Å². The number of hydrogen-bond donors (Lipinski definition) is 0. The van der Waals surface area contributed by atoms with E-state index in [1.165, 1.54) is 14.9 Å². The summed E-state index contributed by atoms with van der Waals surface area (Å²) < 4.78 is 5.44. The van der Waals surface area contributed by atoms with Crippen molar-refractivity contribution in [1.29, 1.82) is 0 Å². The van der Waals surface area contributed by atoms with Gasteiger partial charge in [0.2, 0.25) is 4.34 Å². The minimum Gasteiger partial charge on any atom is -0.207 e. The van der Waals surface area contributed by atoms with E-state index in [4.69, 9.17) is 5.10 Å². The molecular weight excluding hydrogens is 262 g/mol. The summed E-state index contributed by atoms with van der Waals surface area (Å²) in [6, 6.07) is 10.3. The van der Waals surface area contributed by atoms with Crippen LogP contribution in [0.2, 0.25) is 0 Å². The number of thioether (sulfide) groups is 1. The van der Waals surface area contributed by atoms with Crippen LogP contribution in [-0.2, 0) is 7.05 Å². The molecule has 0 N–H and O–H groups in total. The van der Waals surface area contributed by atoms with Crippen molar-refractivity contribution >= 4 is 28.7 Å². The van der Waals surface area contributed by atoms with E-state index in [0.29, 0.717) is 0 Å². The Morgan fingerprint density at radius 2 is 2.00 bits per heavy atom. The number of hydrogen-bond acceptors (Lipinski definition) is 3. The second kappa shape index (κ2) is 4.40. The minimum atomic E-state index is 1.01. The maximum absolute atomic E-state index is 4.74. The molecule has 0 aliphatic carbocycles. The molecule has 0 atom stereocenters. The minimum absolute atomic E-state index is 1.01. The lowest BCUT2D eigenvalue weighted by Gasteiger charge is -1.93. The molecule has 0 unspecified atom stereocenters. The summed E-state index contributed by atoms with van der Waals surface area (Å²) in [5.74, 6) is 1.01. The van der Waals surface area contributed by atoms with Gasteiger partial charge < -0.3 is 0 Å². The molecule has 0 bridgehead atoms. The number of thiazole rings is 1. The van der Waals surface area contributed by atoms with Crippen molar-refractivity contribution in [2.45, 2.75) is 11.3 Å². The first-order chi connectivity index (χ1) is 8.72. The monoisotopic (exact) mass is 276 g/mol. The zero-order valence-electron chi connectivity index (χ0n) is 10.5. The Labute approximate surface area is 114 Å². The highest BCUT2D eigenvalue weighted by Gasteiger charge is 2.25. The smallest absolute Gasteiger partial charge is 0.207 e. The van der Waals surface area contributed by atoms with Crippen LogP contribution in [-0.4, -0.2) is 15.9 Å². The molecule has 18 heavy (non-hydrogen) atoms. The summed E-state index contributed by atoms with van der Waals surface area (Å²) >= 11 is 3.54. The van der Waals surface area contributed by atoms with Gasteiger partial charge in [0.25, 0.3) is 5.82 Å². The fourth-order valence-corrected chi connectivity index (χ4v) is 3.95. The summed E-state index contributed by atoms with van der Waals surface area (Å²) in [4.78, 5) is 1.30. The lowest BCUT2D eigenvalue weighted by molar-refractivity contribution is -0.610. The third-order valence-corrected chi connectivity index (χ3v) is 5.07. The first-order valence-electron chi connectivity index (χ1n) is 5.70. The largest absolute Gasteiger partial charge is 0.323 e. The van der Waals surface area contributed by atoms with Gasteiger partial charge in [-0.2, -0.15) is 0 Å². The molecule has 0 aliphatic rings. The molecule has 2 aromatic heterocycles. The number of nitrogens with zero attached hydrogens (tertiary/aromatic N) is 3. The van der Waals surface area contributed by atoms with Crippen LogP contribution >= 0.6 is 23.1 Å². The lowest BCUT2D eigenvalue weighted by Crippen LogP contribution is -2.22. The molecule has 0 aliphatic heterocycles. The molecule has 0 saturated heterocycles. The van der Waals surface area contributed by atoms with E-state index in [9.17, 15) is 0 Å². The molecule has 3 rings (SSSR count). The normalized spacial score (nSPS) is 11.3. The molecule has 1 aromatic carbocycles. The Hall–Kier alpha value is -1.33.